The van der Waals surface area contributed by atoms with Crippen molar-refractivity contribution in [3.8, 4) is 0 Å². The van der Waals surface area contributed by atoms with Gasteiger partial charge in [-0.15, -0.1) is 0 Å². The first kappa shape index (κ1) is 18.9. The van der Waals surface area contributed by atoms with Gasteiger partial charge in [0.25, 0.3) is 0 Å². The van der Waals surface area contributed by atoms with E-state index >= 15 is 0 Å². The number of hydrogen-bond donors (Lipinski definition) is 1. The zero-order valence-corrected chi connectivity index (χ0v) is 15.7. The SMILES string of the molecule is N.c1ccc(CC2=NC(Cc3ccccc3)CN2Cc2ccccc2)cc1. The van der Waals surface area contributed by atoms with E-state index in [9.17, 15) is 0 Å². The molecule has 1 atom stereocenters. The Hall–Kier alpha value is -2.91. The van der Waals surface area contributed by atoms with Crippen LogP contribution >= 0.6 is 0 Å². The van der Waals surface area contributed by atoms with Gasteiger partial charge in [-0.25, -0.2) is 0 Å². The quantitative estimate of drug-likeness (QED) is 0.681. The van der Waals surface area contributed by atoms with Crippen LogP contribution in [0.25, 0.3) is 0 Å². The molecular weight excluding hydrogens is 330 g/mol. The first-order chi connectivity index (χ1) is 12.9. The molecule has 3 aromatic carbocycles. The molecule has 0 bridgehead atoms. The van der Waals surface area contributed by atoms with Crippen LogP contribution in [0.2, 0.25) is 0 Å². The number of amidine groups is 1. The van der Waals surface area contributed by atoms with Crippen molar-refractivity contribution in [3.63, 3.8) is 0 Å². The molecule has 138 valence electrons. The van der Waals surface area contributed by atoms with Crippen LogP contribution in [0.1, 0.15) is 16.7 Å². The van der Waals surface area contributed by atoms with Gasteiger partial charge in [0.1, 0.15) is 5.84 Å². The van der Waals surface area contributed by atoms with Gasteiger partial charge >= 0.3 is 0 Å². The molecule has 1 unspecified atom stereocenters. The molecule has 4 rings (SSSR count). The predicted molar refractivity (Wildman–Crippen MR) is 113 cm³/mol. The zero-order chi connectivity index (χ0) is 17.6. The molecule has 3 N–H and O–H groups in total. The van der Waals surface area contributed by atoms with Crippen LogP contribution in [-0.4, -0.2) is 23.3 Å². The second-order valence-electron chi connectivity index (χ2n) is 6.92. The van der Waals surface area contributed by atoms with Crippen molar-refractivity contribution in [1.82, 2.24) is 11.1 Å². The van der Waals surface area contributed by atoms with Crippen LogP contribution in [0.15, 0.2) is 96.0 Å². The third kappa shape index (κ3) is 5.05. The summed E-state index contributed by atoms with van der Waals surface area (Å²) in [6, 6.07) is 32.4. The molecule has 0 saturated heterocycles. The number of rotatable bonds is 6. The Morgan fingerprint density at radius 2 is 1.22 bits per heavy atom. The van der Waals surface area contributed by atoms with E-state index in [1.54, 1.807) is 0 Å². The average molecular weight is 358 g/mol. The molecule has 0 saturated carbocycles. The van der Waals surface area contributed by atoms with E-state index in [1.807, 2.05) is 0 Å². The molecule has 27 heavy (non-hydrogen) atoms. The monoisotopic (exact) mass is 357 g/mol. The normalized spacial score (nSPS) is 15.9. The van der Waals surface area contributed by atoms with E-state index in [-0.39, 0.29) is 6.15 Å². The van der Waals surface area contributed by atoms with Gasteiger partial charge in [-0.05, 0) is 23.1 Å². The number of aliphatic imine (C=N–C) groups is 1. The second kappa shape index (κ2) is 9.15. The number of nitrogens with zero attached hydrogens (tertiary/aromatic N) is 2. The maximum Gasteiger partial charge on any atom is 0.104 e. The molecule has 3 aromatic rings. The van der Waals surface area contributed by atoms with Crippen molar-refractivity contribution in [1.29, 1.82) is 0 Å². The molecule has 3 nitrogen and oxygen atoms in total. The molecular formula is C24H27N3. The van der Waals surface area contributed by atoms with Gasteiger partial charge in [0.15, 0.2) is 0 Å². The second-order valence-corrected chi connectivity index (χ2v) is 6.92. The topological polar surface area (TPSA) is 50.6 Å². The van der Waals surface area contributed by atoms with Crippen molar-refractivity contribution in [3.05, 3.63) is 108 Å². The fraction of sp³-hybridized carbons (Fsp3) is 0.208. The summed E-state index contributed by atoms with van der Waals surface area (Å²) >= 11 is 0. The Bertz CT molecular complexity index is 845. The summed E-state index contributed by atoms with van der Waals surface area (Å²) in [6.45, 7) is 1.92. The molecule has 0 aromatic heterocycles. The summed E-state index contributed by atoms with van der Waals surface area (Å²) in [5.74, 6) is 1.21. The maximum atomic E-state index is 5.10. The van der Waals surface area contributed by atoms with Gasteiger partial charge in [0, 0.05) is 19.5 Å². The Kier molecular flexibility index (Phi) is 6.39. The minimum absolute atomic E-state index is 0. The van der Waals surface area contributed by atoms with E-state index in [0.29, 0.717) is 6.04 Å². The Morgan fingerprint density at radius 1 is 0.704 bits per heavy atom. The fourth-order valence-electron chi connectivity index (χ4n) is 3.58. The molecule has 1 aliphatic heterocycles. The molecule has 0 fully saturated rings. The van der Waals surface area contributed by atoms with Gasteiger partial charge < -0.3 is 11.1 Å². The summed E-state index contributed by atoms with van der Waals surface area (Å²) in [5, 5.41) is 0. The molecule has 3 heteroatoms. The van der Waals surface area contributed by atoms with Gasteiger partial charge in [0.2, 0.25) is 0 Å². The van der Waals surface area contributed by atoms with Crippen LogP contribution in [0.4, 0.5) is 0 Å². The largest absolute Gasteiger partial charge is 0.354 e. The Balaban J connectivity index is 0.00000210. The summed E-state index contributed by atoms with van der Waals surface area (Å²) < 4.78 is 0. The summed E-state index contributed by atoms with van der Waals surface area (Å²) in [5.41, 5.74) is 4.03. The Labute approximate surface area is 162 Å². The van der Waals surface area contributed by atoms with E-state index in [2.05, 4.69) is 95.9 Å². The first-order valence-corrected chi connectivity index (χ1v) is 9.30. The van der Waals surface area contributed by atoms with Crippen molar-refractivity contribution in [2.45, 2.75) is 25.4 Å². The number of hydrogen-bond acceptors (Lipinski definition) is 3. The first-order valence-electron chi connectivity index (χ1n) is 9.30. The molecule has 0 amide bonds. The van der Waals surface area contributed by atoms with E-state index in [1.165, 1.54) is 22.5 Å². The lowest BCUT2D eigenvalue weighted by Crippen LogP contribution is -2.30. The molecule has 1 aliphatic rings. The molecule has 0 spiro atoms. The predicted octanol–water partition coefficient (Wildman–Crippen LogP) is 4.92. The lowest BCUT2D eigenvalue weighted by atomic mass is 10.1. The summed E-state index contributed by atoms with van der Waals surface area (Å²) in [6.07, 6.45) is 1.91. The average Bonchev–Trinajstić information content (AvgIpc) is 3.05. The minimum atomic E-state index is 0. The van der Waals surface area contributed by atoms with Gasteiger partial charge in [-0.1, -0.05) is 91.0 Å². The fourth-order valence-corrected chi connectivity index (χ4v) is 3.58. The summed E-state index contributed by atoms with van der Waals surface area (Å²) in [4.78, 5) is 7.55. The van der Waals surface area contributed by atoms with Crippen LogP contribution in [0.3, 0.4) is 0 Å². The minimum Gasteiger partial charge on any atom is -0.354 e. The number of benzene rings is 3. The Morgan fingerprint density at radius 3 is 1.81 bits per heavy atom. The molecule has 0 radical (unpaired) electrons. The third-order valence-electron chi connectivity index (χ3n) is 4.86. The van der Waals surface area contributed by atoms with Gasteiger partial charge in [-0.2, -0.15) is 0 Å². The van der Waals surface area contributed by atoms with E-state index in [4.69, 9.17) is 4.99 Å². The highest BCUT2D eigenvalue weighted by Crippen LogP contribution is 2.19. The third-order valence-corrected chi connectivity index (χ3v) is 4.86. The van der Waals surface area contributed by atoms with Crippen molar-refractivity contribution in [2.75, 3.05) is 6.54 Å². The van der Waals surface area contributed by atoms with Crippen molar-refractivity contribution in [2.24, 2.45) is 4.99 Å². The molecule has 1 heterocycles. The lowest BCUT2D eigenvalue weighted by Gasteiger charge is -2.21. The van der Waals surface area contributed by atoms with Crippen LogP contribution < -0.4 is 6.15 Å². The van der Waals surface area contributed by atoms with Crippen LogP contribution in [-0.2, 0) is 19.4 Å². The highest BCUT2D eigenvalue weighted by molar-refractivity contribution is 5.86. The zero-order valence-electron chi connectivity index (χ0n) is 15.7. The van der Waals surface area contributed by atoms with E-state index < -0.39 is 0 Å². The van der Waals surface area contributed by atoms with Crippen LogP contribution in [0.5, 0.6) is 0 Å². The smallest absolute Gasteiger partial charge is 0.104 e. The highest BCUT2D eigenvalue weighted by Gasteiger charge is 2.25. The van der Waals surface area contributed by atoms with Gasteiger partial charge in [-0.3, -0.25) is 4.99 Å². The van der Waals surface area contributed by atoms with Crippen molar-refractivity contribution >= 4 is 5.84 Å². The lowest BCUT2D eigenvalue weighted by molar-refractivity contribution is 0.412. The van der Waals surface area contributed by atoms with E-state index in [0.717, 1.165) is 25.9 Å². The highest BCUT2D eigenvalue weighted by atomic mass is 15.2. The van der Waals surface area contributed by atoms with Gasteiger partial charge in [0.05, 0.1) is 6.04 Å². The molecule has 0 aliphatic carbocycles. The van der Waals surface area contributed by atoms with Crippen molar-refractivity contribution < 1.29 is 0 Å². The van der Waals surface area contributed by atoms with Crippen LogP contribution in [0, 0.1) is 0 Å². The maximum absolute atomic E-state index is 5.10. The summed E-state index contributed by atoms with van der Waals surface area (Å²) in [7, 11) is 0. The standard InChI is InChI=1S/C24H24N2.H3N/c1-4-10-20(11-5-1)16-23-19-26(18-22-14-8-3-9-15-22)24(25-23)17-21-12-6-2-7-13-21;/h1-15,23H,16-19H2;1H3.